The molecule has 4 aliphatic rings. The Morgan fingerprint density at radius 3 is 1.59 bits per heavy atom. The largest absolute Gasteiger partial charge is 0.508 e. The average molecular weight is 803 g/mol. The highest BCUT2D eigenvalue weighted by Crippen LogP contribution is 2.49. The fraction of sp³-hybridized carbons (Fsp3) is 0.354. The minimum absolute atomic E-state index is 0.0137. The Labute approximate surface area is 344 Å². The Balaban J connectivity index is 0.000000180. The van der Waals surface area contributed by atoms with Gasteiger partial charge in [-0.3, -0.25) is 14.4 Å². The molecule has 0 bridgehead atoms. The van der Waals surface area contributed by atoms with Crippen LogP contribution in [0.1, 0.15) is 101 Å². The number of ether oxygens (including phenoxy) is 7. The average Bonchev–Trinajstić information content (AvgIpc) is 3.19. The van der Waals surface area contributed by atoms with E-state index in [1.807, 2.05) is 78.0 Å². The maximum Gasteiger partial charge on any atom is 0.308 e. The lowest BCUT2D eigenvalue weighted by atomic mass is 9.81. The molecule has 0 amide bonds. The number of hydrogen-bond acceptors (Lipinski definition) is 11. The molecule has 4 aliphatic heterocycles. The number of ketones is 2. The molecular weight excluding hydrogens is 753 g/mol. The molecule has 11 heteroatoms. The maximum atomic E-state index is 13.6. The number of benzene rings is 4. The number of hydrogen-bond donors (Lipinski definition) is 1. The highest BCUT2D eigenvalue weighted by Gasteiger charge is 2.46. The first-order chi connectivity index (χ1) is 28.2. The van der Waals surface area contributed by atoms with Crippen LogP contribution in [0.2, 0.25) is 0 Å². The third kappa shape index (κ3) is 7.86. The molecule has 0 saturated heterocycles. The summed E-state index contributed by atoms with van der Waals surface area (Å²) in [5.74, 6) is 2.88. The Kier molecular flexibility index (Phi) is 11.5. The van der Waals surface area contributed by atoms with E-state index in [0.717, 1.165) is 39.1 Å². The van der Waals surface area contributed by atoms with Crippen molar-refractivity contribution in [1.82, 2.24) is 0 Å². The van der Waals surface area contributed by atoms with Gasteiger partial charge < -0.3 is 38.3 Å². The van der Waals surface area contributed by atoms with Gasteiger partial charge in [-0.2, -0.15) is 0 Å². The number of phenols is 1. The minimum Gasteiger partial charge on any atom is -0.508 e. The molecule has 0 fully saturated rings. The lowest BCUT2D eigenvalue weighted by Crippen LogP contribution is -2.43. The second-order valence-electron chi connectivity index (χ2n) is 15.8. The first kappa shape index (κ1) is 40.9. The monoisotopic (exact) mass is 802 g/mol. The highest BCUT2D eigenvalue weighted by molar-refractivity contribution is 6.06. The van der Waals surface area contributed by atoms with Crippen LogP contribution < -0.4 is 33.2 Å². The van der Waals surface area contributed by atoms with Crippen molar-refractivity contribution >= 4 is 17.5 Å². The Hall–Kier alpha value is -6.23. The van der Waals surface area contributed by atoms with Crippen LogP contribution in [0.15, 0.2) is 71.8 Å². The molecule has 11 nitrogen and oxygen atoms in total. The van der Waals surface area contributed by atoms with Gasteiger partial charge >= 0.3 is 5.97 Å². The van der Waals surface area contributed by atoms with Crippen LogP contribution in [-0.4, -0.2) is 62.3 Å². The molecule has 4 aromatic rings. The molecule has 308 valence electrons. The lowest BCUT2D eigenvalue weighted by Gasteiger charge is -2.38. The van der Waals surface area contributed by atoms with Crippen molar-refractivity contribution in [3.05, 3.63) is 116 Å². The third-order valence-corrected chi connectivity index (χ3v) is 11.0. The molecule has 0 radical (unpaired) electrons. The van der Waals surface area contributed by atoms with Crippen molar-refractivity contribution in [2.24, 2.45) is 0 Å². The van der Waals surface area contributed by atoms with Crippen molar-refractivity contribution in [1.29, 1.82) is 0 Å². The predicted octanol–water partition coefficient (Wildman–Crippen LogP) is 8.90. The van der Waals surface area contributed by atoms with Crippen molar-refractivity contribution in [2.45, 2.75) is 85.4 Å². The van der Waals surface area contributed by atoms with Crippen LogP contribution in [0.25, 0.3) is 0 Å². The standard InChI is InChI=1S/C25H26O6.C23H24O5/c1-13(2)6-7-16-19(30-15(4)26)9-8-17-24(27)23-18-11-20(28-5)14(3)10-21(18)29-12-22(23)31-25(16)17;1-12(2)5-6-14-17(24)8-7-15-22(25)21-16-10-18(26-4)13(3)9-19(16)27-11-20(21)28-23(14)15/h6,8-11,22-23H,7,12H2,1-5H3;5,7-10,20-21,24H,6,11H2,1-4H3/t22-,23+;20-,21+/m11/s1. The first-order valence-electron chi connectivity index (χ1n) is 19.7. The maximum absolute atomic E-state index is 13.6. The molecule has 0 aliphatic carbocycles. The third-order valence-electron chi connectivity index (χ3n) is 11.0. The summed E-state index contributed by atoms with van der Waals surface area (Å²) in [4.78, 5) is 38.7. The van der Waals surface area contributed by atoms with E-state index in [4.69, 9.17) is 33.2 Å². The minimum atomic E-state index is -0.485. The number of Topliss-reactive ketones (excluding diaryl/α,β-unsaturated/α-hetero) is 2. The van der Waals surface area contributed by atoms with Gasteiger partial charge in [-0.05, 0) is 114 Å². The molecule has 1 N–H and O–H groups in total. The number of methoxy groups -OCH3 is 2. The van der Waals surface area contributed by atoms with Crippen molar-refractivity contribution < 1.29 is 52.6 Å². The quantitative estimate of drug-likeness (QED) is 0.109. The van der Waals surface area contributed by atoms with Crippen molar-refractivity contribution in [3.8, 4) is 46.0 Å². The summed E-state index contributed by atoms with van der Waals surface area (Å²) in [7, 11) is 3.22. The summed E-state index contributed by atoms with van der Waals surface area (Å²) in [6.45, 7) is 13.8. The summed E-state index contributed by atoms with van der Waals surface area (Å²) < 4.78 is 40.7. The number of aryl methyl sites for hydroxylation is 2. The second-order valence-corrected chi connectivity index (χ2v) is 15.8. The van der Waals surface area contributed by atoms with Crippen molar-refractivity contribution in [3.63, 3.8) is 0 Å². The number of rotatable bonds is 7. The molecule has 0 spiro atoms. The van der Waals surface area contributed by atoms with E-state index in [9.17, 15) is 19.5 Å². The van der Waals surface area contributed by atoms with Crippen molar-refractivity contribution in [2.75, 3.05) is 27.4 Å². The van der Waals surface area contributed by atoms with Gasteiger partial charge in [0.05, 0.1) is 37.2 Å². The summed E-state index contributed by atoms with van der Waals surface area (Å²) in [5, 5.41) is 10.3. The SMILES string of the molecule is COc1cc2c(cc1C)OC[C@H]1Oc3c(ccc(O)c3CC=C(C)C)C(=O)[C@@H]21.COc1cc2c(cc1C)OC[C@H]1Oc3c(ccc(OC(C)=O)c3CC=C(C)C)C(=O)[C@@H]21. The highest BCUT2D eigenvalue weighted by atomic mass is 16.6. The molecular formula is C48H50O11. The summed E-state index contributed by atoms with van der Waals surface area (Å²) in [5.41, 5.74) is 8.02. The molecule has 0 saturated carbocycles. The first-order valence-corrected chi connectivity index (χ1v) is 19.7. The van der Waals surface area contributed by atoms with Gasteiger partial charge in [-0.15, -0.1) is 0 Å². The number of esters is 1. The van der Waals surface area contributed by atoms with E-state index in [0.29, 0.717) is 69.6 Å². The van der Waals surface area contributed by atoms with Crippen LogP contribution in [-0.2, 0) is 17.6 Å². The van der Waals surface area contributed by atoms with E-state index in [1.165, 1.54) is 6.92 Å². The van der Waals surface area contributed by atoms with Gasteiger partial charge in [0, 0.05) is 29.2 Å². The van der Waals surface area contributed by atoms with Gasteiger partial charge in [0.25, 0.3) is 0 Å². The lowest BCUT2D eigenvalue weighted by molar-refractivity contribution is -0.131. The van der Waals surface area contributed by atoms with Crippen LogP contribution in [0, 0.1) is 13.8 Å². The zero-order chi connectivity index (χ0) is 42.3. The molecule has 59 heavy (non-hydrogen) atoms. The van der Waals surface area contributed by atoms with Crippen LogP contribution in [0.3, 0.4) is 0 Å². The zero-order valence-corrected chi connectivity index (χ0v) is 34.9. The Morgan fingerprint density at radius 2 is 1.14 bits per heavy atom. The fourth-order valence-electron chi connectivity index (χ4n) is 8.07. The number of fused-ring (bicyclic) bond motifs is 8. The summed E-state index contributed by atoms with van der Waals surface area (Å²) >= 11 is 0. The number of allylic oxidation sites excluding steroid dienone is 4. The van der Waals surface area contributed by atoms with E-state index >= 15 is 0 Å². The molecule has 4 atom stereocenters. The molecule has 8 rings (SSSR count). The fourth-order valence-corrected chi connectivity index (χ4v) is 8.07. The smallest absolute Gasteiger partial charge is 0.308 e. The zero-order valence-electron chi connectivity index (χ0n) is 34.9. The van der Waals surface area contributed by atoms with Gasteiger partial charge in [0.2, 0.25) is 0 Å². The molecule has 4 heterocycles. The molecule has 0 aromatic heterocycles. The number of carbonyl (C=O) groups is 3. The van der Waals surface area contributed by atoms with E-state index in [1.54, 1.807) is 38.5 Å². The normalized spacial score (nSPS) is 19.0. The van der Waals surface area contributed by atoms with Crippen LogP contribution >= 0.6 is 0 Å². The molecule has 4 aromatic carbocycles. The number of carbonyl (C=O) groups excluding carboxylic acids is 3. The number of phenolic OH excluding ortho intramolecular Hbond substituents is 1. The van der Waals surface area contributed by atoms with Gasteiger partial charge in [0.15, 0.2) is 11.6 Å². The van der Waals surface area contributed by atoms with Gasteiger partial charge in [0.1, 0.15) is 71.4 Å². The Bertz CT molecular complexity index is 2410. The molecule has 0 unspecified atom stereocenters. The van der Waals surface area contributed by atoms with E-state index in [-0.39, 0.29) is 30.5 Å². The van der Waals surface area contributed by atoms with Crippen LogP contribution in [0.4, 0.5) is 0 Å². The number of aromatic hydroxyl groups is 1. The van der Waals surface area contributed by atoms with E-state index in [2.05, 4.69) is 0 Å². The predicted molar refractivity (Wildman–Crippen MR) is 222 cm³/mol. The van der Waals surface area contributed by atoms with E-state index < -0.39 is 30.0 Å². The summed E-state index contributed by atoms with van der Waals surface area (Å²) in [6, 6.07) is 14.1. The van der Waals surface area contributed by atoms with Gasteiger partial charge in [-0.1, -0.05) is 23.3 Å². The summed E-state index contributed by atoms with van der Waals surface area (Å²) in [6.07, 6.45) is 4.11. The van der Waals surface area contributed by atoms with Crippen LogP contribution in [0.5, 0.6) is 46.0 Å². The second kappa shape index (κ2) is 16.6. The Morgan fingerprint density at radius 1 is 0.678 bits per heavy atom. The topological polar surface area (TPSA) is 136 Å². The van der Waals surface area contributed by atoms with Gasteiger partial charge in [-0.25, -0.2) is 0 Å².